The average molecular weight is 259 g/mol. The number of hydrogen-bond acceptors (Lipinski definition) is 3. The number of nitrogens with zero attached hydrogens (tertiary/aromatic N) is 1. The lowest BCUT2D eigenvalue weighted by atomic mass is 10.2. The van der Waals surface area contributed by atoms with Crippen LogP contribution in [0.4, 0.5) is 25.0 Å². The number of benzene rings is 1. The van der Waals surface area contributed by atoms with Crippen LogP contribution in [0.3, 0.4) is 0 Å². The second kappa shape index (κ2) is 5.39. The van der Waals surface area contributed by atoms with Crippen LogP contribution in [-0.4, -0.2) is 17.0 Å². The number of halogens is 2. The number of hydrogen-bond donors (Lipinski definition) is 2. The quantitative estimate of drug-likeness (QED) is 0.645. The predicted molar refractivity (Wildman–Crippen MR) is 60.3 cm³/mol. The molecule has 8 heteroatoms. The smallest absolute Gasteiger partial charge is 0.319 e. The van der Waals surface area contributed by atoms with E-state index < -0.39 is 34.0 Å². The molecule has 18 heavy (non-hydrogen) atoms. The number of anilines is 1. The summed E-state index contributed by atoms with van der Waals surface area (Å²) in [6.45, 7) is 3.37. The van der Waals surface area contributed by atoms with Crippen LogP contribution in [0, 0.1) is 21.7 Å². The summed E-state index contributed by atoms with van der Waals surface area (Å²) in [5.74, 6) is -2.38. The molecule has 2 N–H and O–H groups in total. The maximum atomic E-state index is 13.3. The zero-order valence-electron chi connectivity index (χ0n) is 9.66. The van der Waals surface area contributed by atoms with Crippen LogP contribution in [0.5, 0.6) is 0 Å². The summed E-state index contributed by atoms with van der Waals surface area (Å²) < 4.78 is 26.3. The number of carbonyl (C=O) groups is 1. The van der Waals surface area contributed by atoms with Gasteiger partial charge in [0.15, 0.2) is 0 Å². The highest BCUT2D eigenvalue weighted by Crippen LogP contribution is 2.24. The van der Waals surface area contributed by atoms with Crippen LogP contribution >= 0.6 is 0 Å². The van der Waals surface area contributed by atoms with Gasteiger partial charge in [0.1, 0.15) is 5.82 Å². The fourth-order valence-electron chi connectivity index (χ4n) is 1.19. The standard InChI is InChI=1S/C10H11F2N3O3/c1-5(2)13-10(16)14-8-4-9(15(17)18)7(12)3-6(8)11/h3-5H,1-2H3,(H2,13,14,16). The van der Waals surface area contributed by atoms with Gasteiger partial charge in [0.2, 0.25) is 5.82 Å². The molecule has 2 amide bonds. The van der Waals surface area contributed by atoms with Crippen molar-refractivity contribution < 1.29 is 18.5 Å². The van der Waals surface area contributed by atoms with Gasteiger partial charge in [-0.2, -0.15) is 4.39 Å². The van der Waals surface area contributed by atoms with E-state index in [2.05, 4.69) is 10.6 Å². The first-order chi connectivity index (χ1) is 8.31. The number of nitro benzene ring substituents is 1. The van der Waals surface area contributed by atoms with Crippen molar-refractivity contribution in [1.82, 2.24) is 5.32 Å². The van der Waals surface area contributed by atoms with Gasteiger partial charge in [0.25, 0.3) is 0 Å². The van der Waals surface area contributed by atoms with E-state index in [9.17, 15) is 23.7 Å². The van der Waals surface area contributed by atoms with Crippen LogP contribution in [0.15, 0.2) is 12.1 Å². The van der Waals surface area contributed by atoms with Gasteiger partial charge >= 0.3 is 11.7 Å². The SMILES string of the molecule is CC(C)NC(=O)Nc1cc([N+](=O)[O-])c(F)cc1F. The Morgan fingerprint density at radius 1 is 1.33 bits per heavy atom. The minimum atomic E-state index is -1.30. The van der Waals surface area contributed by atoms with E-state index in [0.29, 0.717) is 12.1 Å². The third kappa shape index (κ3) is 3.37. The van der Waals surface area contributed by atoms with Crippen molar-refractivity contribution in [2.45, 2.75) is 19.9 Å². The number of rotatable bonds is 3. The molecular formula is C10H11F2N3O3. The van der Waals surface area contributed by atoms with E-state index in [1.807, 2.05) is 0 Å². The molecule has 0 fully saturated rings. The van der Waals surface area contributed by atoms with E-state index in [4.69, 9.17) is 0 Å². The topological polar surface area (TPSA) is 84.3 Å². The number of nitro groups is 1. The highest BCUT2D eigenvalue weighted by atomic mass is 19.1. The van der Waals surface area contributed by atoms with Crippen LogP contribution < -0.4 is 10.6 Å². The van der Waals surface area contributed by atoms with E-state index in [1.54, 1.807) is 13.8 Å². The van der Waals surface area contributed by atoms with Crippen LogP contribution in [-0.2, 0) is 0 Å². The summed E-state index contributed by atoms with van der Waals surface area (Å²) >= 11 is 0. The van der Waals surface area contributed by atoms with Crippen molar-refractivity contribution in [3.63, 3.8) is 0 Å². The molecule has 1 rings (SSSR count). The van der Waals surface area contributed by atoms with Crippen LogP contribution in [0.25, 0.3) is 0 Å². The van der Waals surface area contributed by atoms with Gasteiger partial charge in [0, 0.05) is 18.2 Å². The maximum absolute atomic E-state index is 13.3. The lowest BCUT2D eigenvalue weighted by molar-refractivity contribution is -0.387. The first-order valence-corrected chi connectivity index (χ1v) is 5.02. The Hall–Kier alpha value is -2.25. The fourth-order valence-corrected chi connectivity index (χ4v) is 1.19. The summed E-state index contributed by atoms with van der Waals surface area (Å²) in [4.78, 5) is 20.8. The minimum Gasteiger partial charge on any atom is -0.336 e. The predicted octanol–water partition coefficient (Wildman–Crippen LogP) is 2.40. The van der Waals surface area contributed by atoms with Gasteiger partial charge in [-0.05, 0) is 13.8 Å². The molecule has 0 aliphatic rings. The minimum absolute atomic E-state index is 0.191. The van der Waals surface area contributed by atoms with Crippen molar-refractivity contribution >= 4 is 17.4 Å². The van der Waals surface area contributed by atoms with Crippen molar-refractivity contribution in [2.24, 2.45) is 0 Å². The Morgan fingerprint density at radius 2 is 1.94 bits per heavy atom. The van der Waals surface area contributed by atoms with Crippen LogP contribution in [0.2, 0.25) is 0 Å². The lowest BCUT2D eigenvalue weighted by Crippen LogP contribution is -2.34. The van der Waals surface area contributed by atoms with Crippen molar-refractivity contribution in [3.05, 3.63) is 33.9 Å². The third-order valence-electron chi connectivity index (χ3n) is 1.90. The highest BCUT2D eigenvalue weighted by molar-refractivity contribution is 5.89. The normalized spacial score (nSPS) is 10.3. The number of carbonyl (C=O) groups excluding carboxylic acids is 1. The molecule has 98 valence electrons. The van der Waals surface area contributed by atoms with E-state index in [1.165, 1.54) is 0 Å². The zero-order valence-corrected chi connectivity index (χ0v) is 9.66. The molecule has 0 radical (unpaired) electrons. The average Bonchev–Trinajstić information content (AvgIpc) is 2.20. The number of urea groups is 1. The van der Waals surface area contributed by atoms with Gasteiger partial charge in [-0.25, -0.2) is 9.18 Å². The molecule has 0 saturated carbocycles. The van der Waals surface area contributed by atoms with Crippen LogP contribution in [0.1, 0.15) is 13.8 Å². The summed E-state index contributed by atoms with van der Waals surface area (Å²) in [6.07, 6.45) is 0. The molecule has 0 unspecified atom stereocenters. The summed E-state index contributed by atoms with van der Waals surface area (Å²) in [6, 6.07) is 0.0570. The molecule has 0 bridgehead atoms. The second-order valence-electron chi connectivity index (χ2n) is 3.79. The molecule has 1 aromatic rings. The fraction of sp³-hybridized carbons (Fsp3) is 0.300. The molecule has 1 aromatic carbocycles. The Balaban J connectivity index is 2.99. The van der Waals surface area contributed by atoms with Crippen molar-refractivity contribution in [1.29, 1.82) is 0 Å². The zero-order chi connectivity index (χ0) is 13.9. The summed E-state index contributed by atoms with van der Waals surface area (Å²) in [5.41, 5.74) is -1.36. The third-order valence-corrected chi connectivity index (χ3v) is 1.90. The van der Waals surface area contributed by atoms with E-state index in [-0.39, 0.29) is 6.04 Å². The Bertz CT molecular complexity index is 492. The monoisotopic (exact) mass is 259 g/mol. The Kier molecular flexibility index (Phi) is 4.13. The van der Waals surface area contributed by atoms with Crippen molar-refractivity contribution in [2.75, 3.05) is 5.32 Å². The lowest BCUT2D eigenvalue weighted by Gasteiger charge is -2.10. The Labute approximate surface area is 101 Å². The molecule has 6 nitrogen and oxygen atoms in total. The largest absolute Gasteiger partial charge is 0.336 e. The molecule has 0 saturated heterocycles. The van der Waals surface area contributed by atoms with E-state index >= 15 is 0 Å². The first-order valence-electron chi connectivity index (χ1n) is 5.02. The molecular weight excluding hydrogens is 248 g/mol. The molecule has 0 spiro atoms. The van der Waals surface area contributed by atoms with Gasteiger partial charge in [-0.1, -0.05) is 0 Å². The molecule has 0 aliphatic heterocycles. The molecule has 0 atom stereocenters. The van der Waals surface area contributed by atoms with Gasteiger partial charge in [-0.15, -0.1) is 0 Å². The van der Waals surface area contributed by atoms with E-state index in [0.717, 1.165) is 0 Å². The Morgan fingerprint density at radius 3 is 2.44 bits per heavy atom. The number of amides is 2. The second-order valence-corrected chi connectivity index (χ2v) is 3.79. The highest BCUT2D eigenvalue weighted by Gasteiger charge is 2.19. The van der Waals surface area contributed by atoms with Gasteiger partial charge in [0.05, 0.1) is 10.6 Å². The summed E-state index contributed by atoms with van der Waals surface area (Å²) in [5, 5.41) is 14.9. The molecule has 0 aliphatic carbocycles. The van der Waals surface area contributed by atoms with Gasteiger partial charge < -0.3 is 10.6 Å². The molecule has 0 aromatic heterocycles. The summed E-state index contributed by atoms with van der Waals surface area (Å²) in [7, 11) is 0. The maximum Gasteiger partial charge on any atom is 0.319 e. The first kappa shape index (κ1) is 13.8. The number of nitrogens with one attached hydrogen (secondary N) is 2. The molecule has 0 heterocycles. The van der Waals surface area contributed by atoms with Gasteiger partial charge in [-0.3, -0.25) is 10.1 Å². The van der Waals surface area contributed by atoms with Crippen molar-refractivity contribution in [3.8, 4) is 0 Å².